The predicted octanol–water partition coefficient (Wildman–Crippen LogP) is 4.38. The van der Waals surface area contributed by atoms with Gasteiger partial charge < -0.3 is 9.32 Å². The van der Waals surface area contributed by atoms with Crippen LogP contribution in [0, 0.1) is 27.7 Å². The van der Waals surface area contributed by atoms with E-state index in [0.717, 1.165) is 29.5 Å². The Bertz CT molecular complexity index is 1270. The van der Waals surface area contributed by atoms with E-state index in [9.17, 15) is 13.2 Å². The smallest absolute Gasteiger partial charge is 0.289 e. The van der Waals surface area contributed by atoms with E-state index in [0.29, 0.717) is 29.6 Å². The van der Waals surface area contributed by atoms with E-state index in [1.54, 1.807) is 11.8 Å². The lowest BCUT2D eigenvalue weighted by Crippen LogP contribution is -2.27. The van der Waals surface area contributed by atoms with Gasteiger partial charge in [0.15, 0.2) is 11.3 Å². The van der Waals surface area contributed by atoms with Gasteiger partial charge in [-0.3, -0.25) is 4.79 Å². The van der Waals surface area contributed by atoms with Gasteiger partial charge in [0.1, 0.15) is 4.90 Å². The summed E-state index contributed by atoms with van der Waals surface area (Å²) in [6.45, 7) is 9.02. The van der Waals surface area contributed by atoms with E-state index in [4.69, 9.17) is 4.42 Å². The number of carbonyl (C=O) groups excluding carboxylic acids is 1. The van der Waals surface area contributed by atoms with E-state index in [2.05, 4.69) is 4.72 Å². The Hall–Kier alpha value is -2.64. The van der Waals surface area contributed by atoms with Crippen LogP contribution in [0.3, 0.4) is 0 Å². The fourth-order valence-electron chi connectivity index (χ4n) is 4.19. The molecule has 1 fully saturated rings. The average Bonchev–Trinajstić information content (AvgIpc) is 3.37. The van der Waals surface area contributed by atoms with Gasteiger partial charge in [-0.1, -0.05) is 24.3 Å². The fourth-order valence-corrected chi connectivity index (χ4v) is 5.64. The highest BCUT2D eigenvalue weighted by molar-refractivity contribution is 7.89. The number of benzene rings is 2. The zero-order valence-corrected chi connectivity index (χ0v) is 19.2. The Labute approximate surface area is 183 Å². The Balaban J connectivity index is 1.79. The largest absolute Gasteiger partial charge is 0.449 e. The van der Waals surface area contributed by atoms with Crippen LogP contribution in [0.2, 0.25) is 0 Å². The first kappa shape index (κ1) is 21.6. The number of sulfonamides is 1. The fraction of sp³-hybridized carbons (Fsp3) is 0.375. The molecule has 4 rings (SSSR count). The summed E-state index contributed by atoms with van der Waals surface area (Å²) in [5, 5.41) is 0.668. The molecule has 2 aromatic carbocycles. The summed E-state index contributed by atoms with van der Waals surface area (Å²) >= 11 is 0. The molecule has 0 atom stereocenters. The number of hydrogen-bond acceptors (Lipinski definition) is 4. The van der Waals surface area contributed by atoms with Crippen molar-refractivity contribution in [1.82, 2.24) is 9.62 Å². The number of amides is 1. The third-order valence-corrected chi connectivity index (χ3v) is 7.82. The molecule has 6 nitrogen and oxygen atoms in total. The van der Waals surface area contributed by atoms with Gasteiger partial charge in [0.2, 0.25) is 10.0 Å². The van der Waals surface area contributed by atoms with Gasteiger partial charge in [0.25, 0.3) is 5.91 Å². The summed E-state index contributed by atoms with van der Waals surface area (Å²) in [4.78, 5) is 14.9. The molecular weight excluding hydrogens is 412 g/mol. The summed E-state index contributed by atoms with van der Waals surface area (Å²) in [6.07, 6.45) is 1.96. The molecule has 1 aliphatic rings. The number of likely N-dealkylation sites (tertiary alicyclic amines) is 1. The molecule has 2 heterocycles. The van der Waals surface area contributed by atoms with Gasteiger partial charge >= 0.3 is 0 Å². The Kier molecular flexibility index (Phi) is 5.66. The van der Waals surface area contributed by atoms with Crippen molar-refractivity contribution in [2.75, 3.05) is 13.1 Å². The molecule has 1 saturated heterocycles. The van der Waals surface area contributed by atoms with Crippen LogP contribution in [0.4, 0.5) is 0 Å². The van der Waals surface area contributed by atoms with E-state index in [1.165, 1.54) is 0 Å². The second-order valence-corrected chi connectivity index (χ2v) is 10.0. The number of hydrogen-bond donors (Lipinski definition) is 1. The molecule has 0 spiro atoms. The number of rotatable bonds is 5. The Morgan fingerprint density at radius 1 is 1.03 bits per heavy atom. The molecule has 1 aliphatic heterocycles. The van der Waals surface area contributed by atoms with Crippen LogP contribution in [0.25, 0.3) is 11.0 Å². The van der Waals surface area contributed by atoms with Crippen molar-refractivity contribution in [2.24, 2.45) is 0 Å². The minimum Gasteiger partial charge on any atom is -0.449 e. The highest BCUT2D eigenvalue weighted by Gasteiger charge is 2.30. The molecule has 164 valence electrons. The van der Waals surface area contributed by atoms with Crippen LogP contribution < -0.4 is 4.72 Å². The second-order valence-electron chi connectivity index (χ2n) is 8.33. The monoisotopic (exact) mass is 440 g/mol. The van der Waals surface area contributed by atoms with Crippen LogP contribution in [-0.2, 0) is 16.6 Å². The molecule has 1 N–H and O–H groups in total. The van der Waals surface area contributed by atoms with E-state index in [-0.39, 0.29) is 28.7 Å². The summed E-state index contributed by atoms with van der Waals surface area (Å²) < 4.78 is 35.5. The summed E-state index contributed by atoms with van der Waals surface area (Å²) in [6, 6.07) is 9.57. The summed E-state index contributed by atoms with van der Waals surface area (Å²) in [7, 11) is -3.87. The normalized spacial score (nSPS) is 14.5. The number of fused-ring (bicyclic) bond motifs is 1. The van der Waals surface area contributed by atoms with Crippen molar-refractivity contribution in [1.29, 1.82) is 0 Å². The third-order valence-electron chi connectivity index (χ3n) is 6.26. The molecule has 1 aromatic heterocycles. The van der Waals surface area contributed by atoms with Crippen molar-refractivity contribution in [2.45, 2.75) is 52.0 Å². The highest BCUT2D eigenvalue weighted by atomic mass is 32.2. The first-order valence-electron chi connectivity index (χ1n) is 10.6. The quantitative estimate of drug-likeness (QED) is 0.638. The van der Waals surface area contributed by atoms with Crippen LogP contribution in [0.1, 0.15) is 51.2 Å². The molecule has 3 aromatic rings. The molecular formula is C24H28N2O4S. The number of aryl methyl sites for hydroxylation is 3. The number of furan rings is 1. The molecule has 31 heavy (non-hydrogen) atoms. The zero-order chi connectivity index (χ0) is 22.3. The van der Waals surface area contributed by atoms with Gasteiger partial charge in [-0.15, -0.1) is 0 Å². The van der Waals surface area contributed by atoms with Gasteiger partial charge in [-0.2, -0.15) is 0 Å². The van der Waals surface area contributed by atoms with Crippen molar-refractivity contribution in [3.05, 3.63) is 63.9 Å². The molecule has 0 aliphatic carbocycles. The van der Waals surface area contributed by atoms with Crippen molar-refractivity contribution >= 4 is 26.9 Å². The number of carbonyl (C=O) groups is 1. The maximum Gasteiger partial charge on any atom is 0.289 e. The summed E-state index contributed by atoms with van der Waals surface area (Å²) in [5.41, 5.74) is 4.33. The van der Waals surface area contributed by atoms with Crippen LogP contribution >= 0.6 is 0 Å². The van der Waals surface area contributed by atoms with E-state index in [1.807, 2.05) is 51.1 Å². The number of nitrogens with zero attached hydrogens (tertiary/aromatic N) is 1. The van der Waals surface area contributed by atoms with Crippen LogP contribution in [-0.4, -0.2) is 32.3 Å². The maximum atomic E-state index is 13.4. The Morgan fingerprint density at radius 3 is 2.39 bits per heavy atom. The van der Waals surface area contributed by atoms with Gasteiger partial charge in [-0.25, -0.2) is 13.1 Å². The SMILES string of the molecule is Cc1ccccc1CNS(=O)(=O)c1c(C)c(C)cc2c(C)c(C(=O)N3CCCC3)oc12. The van der Waals surface area contributed by atoms with Crippen molar-refractivity contribution < 1.29 is 17.6 Å². The molecule has 0 radical (unpaired) electrons. The zero-order valence-electron chi connectivity index (χ0n) is 18.4. The first-order valence-corrected chi connectivity index (χ1v) is 12.1. The lowest BCUT2D eigenvalue weighted by atomic mass is 10.0. The standard InChI is InChI=1S/C24H28N2O4S/c1-15-9-5-6-10-19(15)14-25-31(28,29)23-17(3)16(2)13-20-18(4)21(30-22(20)23)24(27)26-11-7-8-12-26/h5-6,9-10,13,25H,7-8,11-12,14H2,1-4H3. The lowest BCUT2D eigenvalue weighted by molar-refractivity contribution is 0.0762. The average molecular weight is 441 g/mol. The summed E-state index contributed by atoms with van der Waals surface area (Å²) in [5.74, 6) is 0.0648. The second kappa shape index (κ2) is 8.13. The highest BCUT2D eigenvalue weighted by Crippen LogP contribution is 2.35. The van der Waals surface area contributed by atoms with Gasteiger partial charge in [0.05, 0.1) is 0 Å². The topological polar surface area (TPSA) is 79.6 Å². The number of nitrogens with one attached hydrogen (secondary N) is 1. The molecule has 0 bridgehead atoms. The molecule has 7 heteroatoms. The maximum absolute atomic E-state index is 13.4. The lowest BCUT2D eigenvalue weighted by Gasteiger charge is -2.13. The molecule has 0 unspecified atom stereocenters. The van der Waals surface area contributed by atoms with Crippen molar-refractivity contribution in [3.63, 3.8) is 0 Å². The predicted molar refractivity (Wildman–Crippen MR) is 121 cm³/mol. The third kappa shape index (κ3) is 3.88. The molecule has 0 saturated carbocycles. The minimum atomic E-state index is -3.87. The van der Waals surface area contributed by atoms with E-state index >= 15 is 0 Å². The van der Waals surface area contributed by atoms with Crippen LogP contribution in [0.15, 0.2) is 39.6 Å². The minimum absolute atomic E-state index is 0.111. The molecule has 1 amide bonds. The van der Waals surface area contributed by atoms with Gasteiger partial charge in [0, 0.05) is 30.6 Å². The van der Waals surface area contributed by atoms with Gasteiger partial charge in [-0.05, 0) is 68.9 Å². The van der Waals surface area contributed by atoms with E-state index < -0.39 is 10.0 Å². The Morgan fingerprint density at radius 2 is 1.71 bits per heavy atom. The van der Waals surface area contributed by atoms with Crippen molar-refractivity contribution in [3.8, 4) is 0 Å². The van der Waals surface area contributed by atoms with Crippen LogP contribution in [0.5, 0.6) is 0 Å². The first-order chi connectivity index (χ1) is 14.7.